The van der Waals surface area contributed by atoms with Crippen LogP contribution in [0.5, 0.6) is 0 Å². The zero-order chi connectivity index (χ0) is 20.8. The molecule has 4 aromatic rings. The lowest BCUT2D eigenvalue weighted by Gasteiger charge is -2.15. The van der Waals surface area contributed by atoms with E-state index in [4.69, 9.17) is 4.74 Å². The number of nitrogens with zero attached hydrogens (tertiary/aromatic N) is 4. The number of benzene rings is 3. The van der Waals surface area contributed by atoms with E-state index >= 15 is 0 Å². The van der Waals surface area contributed by atoms with Crippen LogP contribution in [-0.4, -0.2) is 38.7 Å². The third kappa shape index (κ3) is 4.49. The minimum Gasteiger partial charge on any atom is -0.454 e. The molecule has 1 atom stereocenters. The van der Waals surface area contributed by atoms with Crippen LogP contribution in [0.4, 0.5) is 5.69 Å². The minimum absolute atomic E-state index is 0.343. The maximum absolute atomic E-state index is 12.7. The average molecular weight is 401 g/mol. The molecule has 8 nitrogen and oxygen atoms in total. The highest BCUT2D eigenvalue weighted by atomic mass is 16.5. The molecular weight excluding hydrogens is 382 g/mol. The topological polar surface area (TPSA) is 99.0 Å². The quantitative estimate of drug-likeness (QED) is 0.478. The molecule has 0 saturated carbocycles. The summed E-state index contributed by atoms with van der Waals surface area (Å²) in [6.07, 6.45) is 1.70. The maximum atomic E-state index is 12.7. The van der Waals surface area contributed by atoms with Gasteiger partial charge in [-0.25, -0.2) is 9.48 Å². The number of esters is 1. The maximum Gasteiger partial charge on any atom is 0.331 e. The van der Waals surface area contributed by atoms with Gasteiger partial charge in [0.15, 0.2) is 12.6 Å². The second-order valence-corrected chi connectivity index (χ2v) is 6.68. The van der Waals surface area contributed by atoms with Crippen LogP contribution in [0.15, 0.2) is 79.1 Å². The highest BCUT2D eigenvalue weighted by Gasteiger charge is 2.24. The zero-order valence-corrected chi connectivity index (χ0v) is 16.0. The van der Waals surface area contributed by atoms with Crippen LogP contribution in [0.3, 0.4) is 0 Å². The Morgan fingerprint density at radius 2 is 1.73 bits per heavy atom. The average Bonchev–Trinajstić information content (AvgIpc) is 3.31. The van der Waals surface area contributed by atoms with Gasteiger partial charge in [-0.3, -0.25) is 4.79 Å². The van der Waals surface area contributed by atoms with Crippen LogP contribution in [0.1, 0.15) is 11.6 Å². The summed E-state index contributed by atoms with van der Waals surface area (Å²) in [4.78, 5) is 25.1. The number of ether oxygens (including phenoxy) is 1. The van der Waals surface area contributed by atoms with Crippen LogP contribution in [0.2, 0.25) is 0 Å². The van der Waals surface area contributed by atoms with E-state index in [-0.39, 0.29) is 0 Å². The standard InChI is InChI=1S/C22H19N5O3/c28-21(24-19-12-6-10-17-9-4-5-11-18(17)19)14-30-22(29)20(27-15-23-25-26-27)13-16-7-2-1-3-8-16/h1-12,15,20H,13-14H2,(H,24,28)/t20-/m0/s1. The van der Waals surface area contributed by atoms with E-state index in [1.54, 1.807) is 6.07 Å². The Morgan fingerprint density at radius 1 is 0.967 bits per heavy atom. The van der Waals surface area contributed by atoms with Gasteiger partial charge >= 0.3 is 5.97 Å². The third-order valence-electron chi connectivity index (χ3n) is 4.64. The molecule has 30 heavy (non-hydrogen) atoms. The lowest BCUT2D eigenvalue weighted by atomic mass is 10.1. The summed E-state index contributed by atoms with van der Waals surface area (Å²) in [6, 6.07) is 22.0. The molecule has 0 spiro atoms. The molecule has 1 amide bonds. The summed E-state index contributed by atoms with van der Waals surface area (Å²) in [7, 11) is 0. The van der Waals surface area contributed by atoms with Crippen molar-refractivity contribution in [3.8, 4) is 0 Å². The van der Waals surface area contributed by atoms with E-state index in [1.807, 2.05) is 66.7 Å². The number of carbonyl (C=O) groups is 2. The SMILES string of the molecule is O=C(COC(=O)[C@H](Cc1ccccc1)n1cnnn1)Nc1cccc2ccccc12. The highest BCUT2D eigenvalue weighted by molar-refractivity contribution is 6.02. The summed E-state index contributed by atoms with van der Waals surface area (Å²) < 4.78 is 6.61. The van der Waals surface area contributed by atoms with Gasteiger partial charge < -0.3 is 10.1 Å². The molecule has 0 aliphatic heterocycles. The van der Waals surface area contributed by atoms with E-state index in [0.29, 0.717) is 12.1 Å². The summed E-state index contributed by atoms with van der Waals surface area (Å²) in [5.74, 6) is -1.01. The number of tetrazole rings is 1. The first-order chi connectivity index (χ1) is 14.7. The molecule has 0 aliphatic carbocycles. The molecular formula is C22H19N5O3. The number of aromatic nitrogens is 4. The van der Waals surface area contributed by atoms with Crippen molar-refractivity contribution in [2.45, 2.75) is 12.5 Å². The van der Waals surface area contributed by atoms with Crippen molar-refractivity contribution in [2.75, 3.05) is 11.9 Å². The fraction of sp³-hybridized carbons (Fsp3) is 0.136. The van der Waals surface area contributed by atoms with Gasteiger partial charge in [0.2, 0.25) is 0 Å². The van der Waals surface area contributed by atoms with Gasteiger partial charge in [-0.1, -0.05) is 66.7 Å². The number of carbonyl (C=O) groups excluding carboxylic acids is 2. The Kier molecular flexibility index (Phi) is 5.75. The number of anilines is 1. The Morgan fingerprint density at radius 3 is 2.53 bits per heavy atom. The van der Waals surface area contributed by atoms with Gasteiger partial charge in [0.25, 0.3) is 5.91 Å². The van der Waals surface area contributed by atoms with E-state index in [9.17, 15) is 9.59 Å². The molecule has 0 unspecified atom stereocenters. The van der Waals surface area contributed by atoms with Crippen LogP contribution < -0.4 is 5.32 Å². The summed E-state index contributed by atoms with van der Waals surface area (Å²) >= 11 is 0. The number of fused-ring (bicyclic) bond motifs is 1. The predicted octanol–water partition coefficient (Wildman–Crippen LogP) is 2.79. The van der Waals surface area contributed by atoms with E-state index < -0.39 is 24.5 Å². The summed E-state index contributed by atoms with van der Waals surface area (Å²) in [6.45, 7) is -0.407. The van der Waals surface area contributed by atoms with E-state index in [0.717, 1.165) is 16.3 Å². The van der Waals surface area contributed by atoms with Gasteiger partial charge in [-0.2, -0.15) is 0 Å². The van der Waals surface area contributed by atoms with Gasteiger partial charge in [-0.05, 0) is 27.4 Å². The Bertz CT molecular complexity index is 1140. The smallest absolute Gasteiger partial charge is 0.331 e. The Balaban J connectivity index is 1.42. The predicted molar refractivity (Wildman–Crippen MR) is 111 cm³/mol. The van der Waals surface area contributed by atoms with Gasteiger partial charge in [-0.15, -0.1) is 5.10 Å². The Labute approximate surface area is 172 Å². The van der Waals surface area contributed by atoms with Crippen molar-refractivity contribution in [3.05, 3.63) is 84.7 Å². The van der Waals surface area contributed by atoms with E-state index in [2.05, 4.69) is 20.8 Å². The third-order valence-corrected chi connectivity index (χ3v) is 4.64. The molecule has 0 fully saturated rings. The number of hydrogen-bond donors (Lipinski definition) is 1. The lowest BCUT2D eigenvalue weighted by molar-refractivity contribution is -0.151. The Hall–Kier alpha value is -4.07. The molecule has 1 N–H and O–H groups in total. The minimum atomic E-state index is -0.771. The number of rotatable bonds is 7. The number of hydrogen-bond acceptors (Lipinski definition) is 6. The van der Waals surface area contributed by atoms with E-state index in [1.165, 1.54) is 11.0 Å². The first-order valence-electron chi connectivity index (χ1n) is 9.41. The molecule has 1 aromatic heterocycles. The van der Waals surface area contributed by atoms with Crippen LogP contribution >= 0.6 is 0 Å². The normalized spacial score (nSPS) is 11.7. The molecule has 3 aromatic carbocycles. The first kappa shape index (κ1) is 19.3. The molecule has 4 rings (SSSR count). The molecule has 1 heterocycles. The summed E-state index contributed by atoms with van der Waals surface area (Å²) in [5, 5.41) is 15.7. The molecule has 0 bridgehead atoms. The first-order valence-corrected chi connectivity index (χ1v) is 9.41. The van der Waals surface area contributed by atoms with Crippen molar-refractivity contribution in [1.82, 2.24) is 20.2 Å². The summed E-state index contributed by atoms with van der Waals surface area (Å²) in [5.41, 5.74) is 1.59. The van der Waals surface area contributed by atoms with Crippen LogP contribution in [0.25, 0.3) is 10.8 Å². The van der Waals surface area contributed by atoms with Crippen molar-refractivity contribution in [2.24, 2.45) is 0 Å². The fourth-order valence-corrected chi connectivity index (χ4v) is 3.19. The van der Waals surface area contributed by atoms with Crippen molar-refractivity contribution in [3.63, 3.8) is 0 Å². The van der Waals surface area contributed by atoms with Gasteiger partial charge in [0.05, 0.1) is 0 Å². The monoisotopic (exact) mass is 401 g/mol. The molecule has 0 saturated heterocycles. The zero-order valence-electron chi connectivity index (χ0n) is 16.0. The number of amides is 1. The lowest BCUT2D eigenvalue weighted by Crippen LogP contribution is -2.28. The second kappa shape index (κ2) is 8.95. The fourth-order valence-electron chi connectivity index (χ4n) is 3.19. The molecule has 0 aliphatic rings. The van der Waals surface area contributed by atoms with Crippen molar-refractivity contribution in [1.29, 1.82) is 0 Å². The van der Waals surface area contributed by atoms with Crippen molar-refractivity contribution < 1.29 is 14.3 Å². The highest BCUT2D eigenvalue weighted by Crippen LogP contribution is 2.23. The molecule has 150 valence electrons. The largest absolute Gasteiger partial charge is 0.454 e. The van der Waals surface area contributed by atoms with Crippen molar-refractivity contribution >= 4 is 28.3 Å². The number of nitrogens with one attached hydrogen (secondary N) is 1. The van der Waals surface area contributed by atoms with Gasteiger partial charge in [0.1, 0.15) is 6.33 Å². The molecule has 8 heteroatoms. The molecule has 0 radical (unpaired) electrons. The van der Waals surface area contributed by atoms with Crippen LogP contribution in [0, 0.1) is 0 Å². The second-order valence-electron chi connectivity index (χ2n) is 6.68. The van der Waals surface area contributed by atoms with Crippen LogP contribution in [-0.2, 0) is 20.7 Å². The van der Waals surface area contributed by atoms with Gasteiger partial charge in [0, 0.05) is 17.5 Å².